The number of carbonyl (C=O) groups excluding carboxylic acids is 2. The van der Waals surface area contributed by atoms with Crippen molar-refractivity contribution in [2.24, 2.45) is 5.73 Å². The van der Waals surface area contributed by atoms with Crippen LogP contribution in [0.3, 0.4) is 0 Å². The van der Waals surface area contributed by atoms with E-state index in [9.17, 15) is 19.0 Å². The van der Waals surface area contributed by atoms with Crippen LogP contribution in [0.1, 0.15) is 194 Å². The molecule has 0 spiro atoms. The van der Waals surface area contributed by atoms with Crippen molar-refractivity contribution in [1.82, 2.24) is 0 Å². The molecule has 47 heavy (non-hydrogen) atoms. The Labute approximate surface area is 288 Å². The van der Waals surface area contributed by atoms with Crippen LogP contribution < -0.4 is 5.73 Å². The van der Waals surface area contributed by atoms with E-state index in [1.807, 2.05) is 0 Å². The number of hydrogen-bond acceptors (Lipinski definition) is 8. The van der Waals surface area contributed by atoms with Crippen molar-refractivity contribution in [2.45, 2.75) is 200 Å². The minimum Gasteiger partial charge on any atom is -0.462 e. The summed E-state index contributed by atoms with van der Waals surface area (Å²) in [6.07, 6.45) is 31.3. The molecule has 9 nitrogen and oxygen atoms in total. The van der Waals surface area contributed by atoms with Gasteiger partial charge in [-0.25, -0.2) is 4.57 Å². The first-order valence-corrected chi connectivity index (χ1v) is 21.0. The number of phosphoric acid groups is 1. The van der Waals surface area contributed by atoms with E-state index < -0.39 is 26.5 Å². The summed E-state index contributed by atoms with van der Waals surface area (Å²) in [5.74, 6) is -0.819. The third kappa shape index (κ3) is 34.7. The van der Waals surface area contributed by atoms with Gasteiger partial charge in [0.05, 0.1) is 13.2 Å². The van der Waals surface area contributed by atoms with Crippen LogP contribution in [0.4, 0.5) is 0 Å². The fourth-order valence-corrected chi connectivity index (χ4v) is 6.34. The monoisotopic (exact) mass is 692 g/mol. The van der Waals surface area contributed by atoms with E-state index in [0.29, 0.717) is 6.42 Å². The first kappa shape index (κ1) is 46.0. The highest BCUT2D eigenvalue weighted by molar-refractivity contribution is 7.47. The molecule has 3 N–H and O–H groups in total. The molecule has 0 saturated carbocycles. The number of esters is 2. The van der Waals surface area contributed by atoms with Gasteiger partial charge in [-0.1, -0.05) is 168 Å². The molecule has 0 aliphatic rings. The predicted molar refractivity (Wildman–Crippen MR) is 192 cm³/mol. The van der Waals surface area contributed by atoms with E-state index in [4.69, 9.17) is 24.3 Å². The molecule has 0 amide bonds. The molecule has 0 bridgehead atoms. The number of phosphoric ester groups is 1. The van der Waals surface area contributed by atoms with Crippen molar-refractivity contribution < 1.29 is 37.6 Å². The molecule has 0 aliphatic heterocycles. The second kappa shape index (κ2) is 34.9. The minimum atomic E-state index is -4.36. The van der Waals surface area contributed by atoms with Gasteiger partial charge in [0.2, 0.25) is 0 Å². The molecule has 0 aliphatic carbocycles. The predicted octanol–water partition coefficient (Wildman–Crippen LogP) is 10.5. The van der Waals surface area contributed by atoms with Gasteiger partial charge in [0.1, 0.15) is 6.61 Å². The van der Waals surface area contributed by atoms with Crippen LogP contribution in [0.25, 0.3) is 0 Å². The molecule has 1 unspecified atom stereocenters. The van der Waals surface area contributed by atoms with E-state index >= 15 is 0 Å². The second-order valence-corrected chi connectivity index (χ2v) is 14.6. The molecule has 10 heteroatoms. The smallest absolute Gasteiger partial charge is 0.462 e. The average Bonchev–Trinajstić information content (AvgIpc) is 3.05. The van der Waals surface area contributed by atoms with E-state index in [2.05, 4.69) is 13.8 Å². The lowest BCUT2D eigenvalue weighted by molar-refractivity contribution is -0.161. The largest absolute Gasteiger partial charge is 0.472 e. The van der Waals surface area contributed by atoms with Crippen LogP contribution >= 0.6 is 7.82 Å². The molecule has 280 valence electrons. The second-order valence-electron chi connectivity index (χ2n) is 13.2. The third-order valence-corrected chi connectivity index (χ3v) is 9.48. The van der Waals surface area contributed by atoms with Crippen molar-refractivity contribution in [3.8, 4) is 0 Å². The maximum absolute atomic E-state index is 12.5. The molecule has 0 aromatic carbocycles. The molecule has 0 heterocycles. The van der Waals surface area contributed by atoms with Gasteiger partial charge >= 0.3 is 19.8 Å². The lowest BCUT2D eigenvalue weighted by Gasteiger charge is -2.19. The first-order chi connectivity index (χ1) is 22.8. The molecule has 0 rings (SSSR count). The van der Waals surface area contributed by atoms with E-state index in [1.54, 1.807) is 0 Å². The van der Waals surface area contributed by atoms with Crippen molar-refractivity contribution >= 4 is 19.8 Å². The fraction of sp³-hybridized carbons (Fsp3) is 0.946. The number of hydrogen-bond donors (Lipinski definition) is 2. The summed E-state index contributed by atoms with van der Waals surface area (Å²) in [7, 11) is -4.36. The average molecular weight is 692 g/mol. The topological polar surface area (TPSA) is 134 Å². The summed E-state index contributed by atoms with van der Waals surface area (Å²) in [5.41, 5.74) is 5.33. The van der Waals surface area contributed by atoms with Crippen molar-refractivity contribution in [1.29, 1.82) is 0 Å². The van der Waals surface area contributed by atoms with Gasteiger partial charge < -0.3 is 20.1 Å². The maximum Gasteiger partial charge on any atom is 0.472 e. The highest BCUT2D eigenvalue weighted by Crippen LogP contribution is 2.43. The van der Waals surface area contributed by atoms with Crippen LogP contribution in [0.5, 0.6) is 0 Å². The Hall–Kier alpha value is -0.990. The third-order valence-electron chi connectivity index (χ3n) is 8.49. The number of rotatable bonds is 37. The van der Waals surface area contributed by atoms with Crippen LogP contribution in [-0.2, 0) is 32.7 Å². The van der Waals surface area contributed by atoms with Crippen molar-refractivity contribution in [3.63, 3.8) is 0 Å². The van der Waals surface area contributed by atoms with Gasteiger partial charge in [0.15, 0.2) is 6.10 Å². The standard InChI is InChI=1S/C37H74NO8P/c1-3-5-7-9-11-13-15-16-17-18-19-20-22-24-26-28-30-37(40)46-35(34-45-47(41,42)44-32-31-38)33-43-36(39)29-27-25-23-21-14-12-10-8-6-4-2/h35H,3-34,38H2,1-2H3,(H,41,42)/t35-/m1/s1. The zero-order valence-corrected chi connectivity index (χ0v) is 31.4. The fourth-order valence-electron chi connectivity index (χ4n) is 5.58. The van der Waals surface area contributed by atoms with Gasteiger partial charge in [0.25, 0.3) is 0 Å². The Morgan fingerprint density at radius 3 is 1.30 bits per heavy atom. The molecular formula is C37H74NO8P. The molecule has 0 fully saturated rings. The summed E-state index contributed by atoms with van der Waals surface area (Å²) in [6, 6.07) is 0. The normalized spacial score (nSPS) is 13.4. The maximum atomic E-state index is 12.5. The first-order valence-electron chi connectivity index (χ1n) is 19.5. The molecule has 0 aromatic heterocycles. The Bertz CT molecular complexity index is 754. The van der Waals surface area contributed by atoms with Gasteiger partial charge in [-0.05, 0) is 12.8 Å². The SMILES string of the molecule is CCCCCCCCCCCCCCCCCCC(=O)O[C@H](COC(=O)CCCCCCCCCCCC)COP(=O)(O)OCCN. The summed E-state index contributed by atoms with van der Waals surface area (Å²) in [5, 5.41) is 0. The number of ether oxygens (including phenoxy) is 2. The van der Waals surface area contributed by atoms with Crippen LogP contribution in [0, 0.1) is 0 Å². The van der Waals surface area contributed by atoms with Crippen LogP contribution in [-0.4, -0.2) is 49.3 Å². The van der Waals surface area contributed by atoms with Gasteiger partial charge in [-0.15, -0.1) is 0 Å². The van der Waals surface area contributed by atoms with Crippen molar-refractivity contribution in [3.05, 3.63) is 0 Å². The summed E-state index contributed by atoms with van der Waals surface area (Å²) < 4.78 is 32.6. The van der Waals surface area contributed by atoms with Gasteiger partial charge in [-0.2, -0.15) is 0 Å². The Morgan fingerprint density at radius 1 is 0.553 bits per heavy atom. The summed E-state index contributed by atoms with van der Waals surface area (Å²) in [4.78, 5) is 34.6. The number of unbranched alkanes of at least 4 members (excludes halogenated alkanes) is 24. The van der Waals surface area contributed by atoms with Crippen molar-refractivity contribution in [2.75, 3.05) is 26.4 Å². The summed E-state index contributed by atoms with van der Waals surface area (Å²) >= 11 is 0. The summed E-state index contributed by atoms with van der Waals surface area (Å²) in [6.45, 7) is 3.73. The minimum absolute atomic E-state index is 0.0577. The van der Waals surface area contributed by atoms with Crippen LogP contribution in [0.2, 0.25) is 0 Å². The molecule has 0 radical (unpaired) electrons. The number of nitrogens with two attached hydrogens (primary N) is 1. The van der Waals surface area contributed by atoms with E-state index in [-0.39, 0.29) is 38.6 Å². The zero-order valence-electron chi connectivity index (χ0n) is 30.5. The van der Waals surface area contributed by atoms with E-state index in [1.165, 1.54) is 128 Å². The lowest BCUT2D eigenvalue weighted by atomic mass is 10.0. The van der Waals surface area contributed by atoms with Gasteiger partial charge in [0, 0.05) is 19.4 Å². The highest BCUT2D eigenvalue weighted by Gasteiger charge is 2.26. The highest BCUT2D eigenvalue weighted by atomic mass is 31.2. The molecule has 2 atom stereocenters. The zero-order chi connectivity index (χ0) is 34.7. The quantitative estimate of drug-likeness (QED) is 0.0371. The van der Waals surface area contributed by atoms with Crippen LogP contribution in [0.15, 0.2) is 0 Å². The Balaban J connectivity index is 4.15. The Morgan fingerprint density at radius 2 is 0.915 bits per heavy atom. The Kier molecular flexibility index (Phi) is 34.1. The van der Waals surface area contributed by atoms with E-state index in [0.717, 1.165) is 32.1 Å². The number of carbonyl (C=O) groups is 2. The lowest BCUT2D eigenvalue weighted by Crippen LogP contribution is -2.29. The molecule has 0 aromatic rings. The molecule has 0 saturated heterocycles. The molecular weight excluding hydrogens is 617 g/mol. The van der Waals surface area contributed by atoms with Gasteiger partial charge in [-0.3, -0.25) is 18.6 Å².